The Hall–Kier alpha value is -1.18. The molecule has 0 aliphatic carbocycles. The molecule has 0 atom stereocenters. The van der Waals surface area contributed by atoms with E-state index in [1.807, 2.05) is 6.92 Å². The Morgan fingerprint density at radius 2 is 2.00 bits per heavy atom. The molecule has 124 valence electrons. The Kier molecular flexibility index (Phi) is 6.60. The summed E-state index contributed by atoms with van der Waals surface area (Å²) in [5.74, 6) is 0. The van der Waals surface area contributed by atoms with Crippen LogP contribution in [-0.2, 0) is 10.0 Å². The van der Waals surface area contributed by atoms with E-state index < -0.39 is 10.0 Å². The highest BCUT2D eigenvalue weighted by Crippen LogP contribution is 2.13. The van der Waals surface area contributed by atoms with E-state index in [-0.39, 0.29) is 4.90 Å². The van der Waals surface area contributed by atoms with Crippen LogP contribution in [0.5, 0.6) is 0 Å². The van der Waals surface area contributed by atoms with Crippen LogP contribution in [0.15, 0.2) is 23.4 Å². The molecule has 2 N–H and O–H groups in total. The van der Waals surface area contributed by atoms with Crippen molar-refractivity contribution in [1.82, 2.24) is 14.6 Å². The van der Waals surface area contributed by atoms with E-state index in [4.69, 9.17) is 0 Å². The molecule has 7 heteroatoms. The molecular weight excluding hydrogens is 300 g/mol. The highest BCUT2D eigenvalue weighted by molar-refractivity contribution is 7.89. The molecule has 1 aliphatic heterocycles. The number of aromatic nitrogens is 1. The minimum atomic E-state index is -3.47. The maximum absolute atomic E-state index is 12.2. The van der Waals surface area contributed by atoms with Crippen LogP contribution in [0, 0.1) is 0 Å². The van der Waals surface area contributed by atoms with Crippen molar-refractivity contribution in [3.8, 4) is 0 Å². The number of nitrogens with zero attached hydrogens (tertiary/aromatic N) is 2. The van der Waals surface area contributed by atoms with E-state index in [0.29, 0.717) is 6.54 Å². The topological polar surface area (TPSA) is 74.3 Å². The smallest absolute Gasteiger partial charge is 0.242 e. The van der Waals surface area contributed by atoms with Crippen LogP contribution in [0.25, 0.3) is 0 Å². The third kappa shape index (κ3) is 5.23. The molecule has 22 heavy (non-hydrogen) atoms. The van der Waals surface area contributed by atoms with Gasteiger partial charge in [0.2, 0.25) is 10.0 Å². The van der Waals surface area contributed by atoms with Gasteiger partial charge in [0.05, 0.1) is 11.9 Å². The summed E-state index contributed by atoms with van der Waals surface area (Å²) in [6.45, 7) is 6.61. The van der Waals surface area contributed by atoms with E-state index in [1.165, 1.54) is 32.1 Å². The number of hydrogen-bond acceptors (Lipinski definition) is 5. The summed E-state index contributed by atoms with van der Waals surface area (Å²) in [5.41, 5.74) is 0.722. The van der Waals surface area contributed by atoms with Gasteiger partial charge in [-0.2, -0.15) is 0 Å². The first kappa shape index (κ1) is 17.2. The average Bonchev–Trinajstić information content (AvgIpc) is 3.01. The van der Waals surface area contributed by atoms with Gasteiger partial charge >= 0.3 is 0 Å². The quantitative estimate of drug-likeness (QED) is 0.675. The predicted molar refractivity (Wildman–Crippen MR) is 88.5 cm³/mol. The Morgan fingerprint density at radius 1 is 1.23 bits per heavy atom. The van der Waals surface area contributed by atoms with Gasteiger partial charge in [-0.1, -0.05) is 0 Å². The average molecular weight is 326 g/mol. The second kappa shape index (κ2) is 8.45. The van der Waals surface area contributed by atoms with E-state index in [9.17, 15) is 8.42 Å². The second-order valence-electron chi connectivity index (χ2n) is 5.59. The SMILES string of the molecule is CCNc1cncc(S(=O)(=O)NCCCCN2CCCC2)c1. The van der Waals surface area contributed by atoms with Gasteiger partial charge in [-0.05, 0) is 58.3 Å². The van der Waals surface area contributed by atoms with Crippen molar-refractivity contribution in [2.24, 2.45) is 0 Å². The Labute approximate surface area is 133 Å². The maximum atomic E-state index is 12.2. The van der Waals surface area contributed by atoms with E-state index in [1.54, 1.807) is 12.3 Å². The molecular formula is C15H26N4O2S. The largest absolute Gasteiger partial charge is 0.384 e. The zero-order chi connectivity index (χ0) is 15.8. The van der Waals surface area contributed by atoms with Gasteiger partial charge in [-0.15, -0.1) is 0 Å². The monoisotopic (exact) mass is 326 g/mol. The van der Waals surface area contributed by atoms with Crippen molar-refractivity contribution in [1.29, 1.82) is 0 Å². The Morgan fingerprint density at radius 3 is 2.73 bits per heavy atom. The van der Waals surface area contributed by atoms with E-state index >= 15 is 0 Å². The molecule has 0 bridgehead atoms. The summed E-state index contributed by atoms with van der Waals surface area (Å²) < 4.78 is 27.1. The first-order chi connectivity index (χ1) is 10.6. The molecule has 0 amide bonds. The van der Waals surface area contributed by atoms with Crippen molar-refractivity contribution in [2.45, 2.75) is 37.5 Å². The van der Waals surface area contributed by atoms with Crippen molar-refractivity contribution < 1.29 is 8.42 Å². The lowest BCUT2D eigenvalue weighted by molar-refractivity contribution is 0.330. The standard InChI is InChI=1S/C15H26N4O2S/c1-2-17-14-11-15(13-16-12-14)22(20,21)18-7-3-4-8-19-9-5-6-10-19/h11-13,17-18H,2-10H2,1H3. The third-order valence-electron chi connectivity index (χ3n) is 3.80. The highest BCUT2D eigenvalue weighted by atomic mass is 32.2. The molecule has 1 aromatic rings. The lowest BCUT2D eigenvalue weighted by Gasteiger charge is -2.14. The van der Waals surface area contributed by atoms with Gasteiger partial charge in [0.25, 0.3) is 0 Å². The molecule has 0 spiro atoms. The zero-order valence-corrected chi connectivity index (χ0v) is 14.0. The van der Waals surface area contributed by atoms with Crippen molar-refractivity contribution in [2.75, 3.05) is 38.0 Å². The van der Waals surface area contributed by atoms with Crippen LogP contribution in [0.1, 0.15) is 32.6 Å². The van der Waals surface area contributed by atoms with E-state index in [0.717, 1.165) is 31.6 Å². The summed E-state index contributed by atoms with van der Waals surface area (Å²) in [7, 11) is -3.47. The summed E-state index contributed by atoms with van der Waals surface area (Å²) in [4.78, 5) is 6.63. The molecule has 2 rings (SSSR count). The minimum Gasteiger partial charge on any atom is -0.384 e. The summed E-state index contributed by atoms with van der Waals surface area (Å²) >= 11 is 0. The number of unbranched alkanes of at least 4 members (excludes halogenated alkanes) is 1. The summed E-state index contributed by atoms with van der Waals surface area (Å²) in [6, 6.07) is 1.61. The first-order valence-electron chi connectivity index (χ1n) is 8.03. The van der Waals surface area contributed by atoms with Gasteiger partial charge in [-0.25, -0.2) is 13.1 Å². The fraction of sp³-hybridized carbons (Fsp3) is 0.667. The molecule has 0 unspecified atom stereocenters. The second-order valence-corrected chi connectivity index (χ2v) is 7.36. The number of nitrogens with one attached hydrogen (secondary N) is 2. The van der Waals surface area contributed by atoms with Crippen LogP contribution in [0.4, 0.5) is 5.69 Å². The molecule has 0 saturated carbocycles. The Bertz CT molecular complexity index is 556. The molecule has 1 aliphatic rings. The van der Waals surface area contributed by atoms with Gasteiger partial charge in [0, 0.05) is 19.3 Å². The lowest BCUT2D eigenvalue weighted by atomic mass is 10.3. The molecule has 0 aromatic carbocycles. The van der Waals surface area contributed by atoms with E-state index in [2.05, 4.69) is 19.9 Å². The first-order valence-corrected chi connectivity index (χ1v) is 9.51. The number of likely N-dealkylation sites (tertiary alicyclic amines) is 1. The van der Waals surface area contributed by atoms with Crippen molar-refractivity contribution in [3.05, 3.63) is 18.5 Å². The molecule has 1 saturated heterocycles. The fourth-order valence-corrected chi connectivity index (χ4v) is 3.68. The van der Waals surface area contributed by atoms with Gasteiger partial charge in [0.1, 0.15) is 4.90 Å². The minimum absolute atomic E-state index is 0.213. The number of sulfonamides is 1. The predicted octanol–water partition coefficient (Wildman–Crippen LogP) is 1.67. The fourth-order valence-electron chi connectivity index (χ4n) is 2.62. The van der Waals surface area contributed by atoms with Gasteiger partial charge in [-0.3, -0.25) is 4.98 Å². The van der Waals surface area contributed by atoms with Crippen LogP contribution in [0.2, 0.25) is 0 Å². The maximum Gasteiger partial charge on any atom is 0.242 e. The van der Waals surface area contributed by atoms with Crippen LogP contribution in [-0.4, -0.2) is 51.0 Å². The lowest BCUT2D eigenvalue weighted by Crippen LogP contribution is -2.26. The molecule has 2 heterocycles. The molecule has 0 radical (unpaired) electrons. The van der Waals surface area contributed by atoms with Crippen LogP contribution < -0.4 is 10.0 Å². The Balaban J connectivity index is 1.76. The number of hydrogen-bond donors (Lipinski definition) is 2. The summed E-state index contributed by atoms with van der Waals surface area (Å²) in [5, 5.41) is 3.07. The number of anilines is 1. The van der Waals surface area contributed by atoms with Crippen LogP contribution in [0.3, 0.4) is 0 Å². The van der Waals surface area contributed by atoms with Gasteiger partial charge < -0.3 is 10.2 Å². The molecule has 1 aromatic heterocycles. The van der Waals surface area contributed by atoms with Gasteiger partial charge in [0.15, 0.2) is 0 Å². The third-order valence-corrected chi connectivity index (χ3v) is 5.22. The number of rotatable bonds is 9. The van der Waals surface area contributed by atoms with Crippen molar-refractivity contribution in [3.63, 3.8) is 0 Å². The molecule has 6 nitrogen and oxygen atoms in total. The highest BCUT2D eigenvalue weighted by Gasteiger charge is 2.15. The normalized spacial score (nSPS) is 16.0. The molecule has 1 fully saturated rings. The van der Waals surface area contributed by atoms with Crippen molar-refractivity contribution >= 4 is 15.7 Å². The number of pyridine rings is 1. The summed E-state index contributed by atoms with van der Waals surface area (Å²) in [6.07, 6.45) is 7.48. The van der Waals surface area contributed by atoms with Crippen LogP contribution >= 0.6 is 0 Å². The zero-order valence-electron chi connectivity index (χ0n) is 13.2.